The molecule has 1 unspecified atom stereocenters. The van der Waals surface area contributed by atoms with Gasteiger partial charge in [0.15, 0.2) is 0 Å². The van der Waals surface area contributed by atoms with Gasteiger partial charge in [0.05, 0.1) is 6.04 Å². The summed E-state index contributed by atoms with van der Waals surface area (Å²) < 4.78 is 0. The lowest BCUT2D eigenvalue weighted by atomic mass is 9.95. The van der Waals surface area contributed by atoms with Crippen LogP contribution in [0.4, 0.5) is 0 Å². The maximum absolute atomic E-state index is 11.4. The van der Waals surface area contributed by atoms with E-state index in [1.165, 1.54) is 0 Å². The van der Waals surface area contributed by atoms with Crippen molar-refractivity contribution < 1.29 is 4.79 Å². The Balaban J connectivity index is 2.29. The number of rotatable bonds is 3. The number of hydrogen-bond donors (Lipinski definition) is 0. The molecule has 0 fully saturated rings. The predicted molar refractivity (Wildman–Crippen MR) is 57.9 cm³/mol. The van der Waals surface area contributed by atoms with Crippen molar-refractivity contribution in [1.29, 1.82) is 0 Å². The van der Waals surface area contributed by atoms with E-state index in [1.807, 2.05) is 24.3 Å². The van der Waals surface area contributed by atoms with Crippen molar-refractivity contribution >= 4 is 5.91 Å². The third-order valence-corrected chi connectivity index (χ3v) is 2.67. The fraction of sp³-hybridized carbons (Fsp3) is 0.417. The van der Waals surface area contributed by atoms with E-state index in [-0.39, 0.29) is 11.9 Å². The van der Waals surface area contributed by atoms with E-state index in [9.17, 15) is 4.79 Å². The first-order chi connectivity index (χ1) is 7.33. The average Bonchev–Trinajstić information content (AvgIpc) is 2.29. The molecule has 15 heavy (non-hydrogen) atoms. The molecule has 0 bridgehead atoms. The van der Waals surface area contributed by atoms with Crippen LogP contribution >= 0.6 is 0 Å². The highest BCUT2D eigenvalue weighted by Gasteiger charge is 2.22. The summed E-state index contributed by atoms with van der Waals surface area (Å²) in [6.45, 7) is 2.15. The van der Waals surface area contributed by atoms with E-state index >= 15 is 0 Å². The Kier molecular flexibility index (Phi) is 2.90. The first-order valence-corrected chi connectivity index (χ1v) is 5.37. The van der Waals surface area contributed by atoms with E-state index in [2.05, 4.69) is 17.2 Å². The van der Waals surface area contributed by atoms with Crippen LogP contribution in [0.5, 0.6) is 0 Å². The summed E-state index contributed by atoms with van der Waals surface area (Å²) in [4.78, 5) is 11.4. The van der Waals surface area contributed by atoms with Gasteiger partial charge in [0.25, 0.3) is 5.91 Å². The maximum atomic E-state index is 11.4. The molecule has 0 saturated carbocycles. The van der Waals surface area contributed by atoms with Crippen LogP contribution in [0, 0.1) is 0 Å². The fourth-order valence-electron chi connectivity index (χ4n) is 1.83. The van der Waals surface area contributed by atoms with Crippen molar-refractivity contribution in [3.63, 3.8) is 0 Å². The van der Waals surface area contributed by atoms with E-state index in [4.69, 9.17) is 0 Å². The SMILES string of the molecule is CCCCC1N=NC(=O)c2ccccc21. The van der Waals surface area contributed by atoms with Gasteiger partial charge >= 0.3 is 0 Å². The van der Waals surface area contributed by atoms with Crippen LogP contribution in [0.3, 0.4) is 0 Å². The van der Waals surface area contributed by atoms with E-state index in [1.54, 1.807) is 0 Å². The van der Waals surface area contributed by atoms with E-state index in [0.717, 1.165) is 24.8 Å². The molecule has 1 aromatic carbocycles. The third-order valence-electron chi connectivity index (χ3n) is 2.67. The van der Waals surface area contributed by atoms with Gasteiger partial charge in [0, 0.05) is 5.56 Å². The molecule has 3 nitrogen and oxygen atoms in total. The molecule has 1 amide bonds. The summed E-state index contributed by atoms with van der Waals surface area (Å²) in [7, 11) is 0. The summed E-state index contributed by atoms with van der Waals surface area (Å²) in [6.07, 6.45) is 3.23. The molecule has 0 radical (unpaired) electrons. The summed E-state index contributed by atoms with van der Waals surface area (Å²) >= 11 is 0. The van der Waals surface area contributed by atoms with Crippen molar-refractivity contribution in [3.05, 3.63) is 35.4 Å². The first kappa shape index (κ1) is 10.0. The quantitative estimate of drug-likeness (QED) is 0.739. The van der Waals surface area contributed by atoms with Gasteiger partial charge in [-0.05, 0) is 18.1 Å². The molecule has 1 aromatic rings. The number of unbranched alkanes of at least 4 members (excludes halogenated alkanes) is 1. The first-order valence-electron chi connectivity index (χ1n) is 5.37. The van der Waals surface area contributed by atoms with Crippen molar-refractivity contribution in [1.82, 2.24) is 0 Å². The van der Waals surface area contributed by atoms with Crippen LogP contribution < -0.4 is 0 Å². The Bertz CT molecular complexity index is 398. The molecule has 1 aliphatic rings. The summed E-state index contributed by atoms with van der Waals surface area (Å²) in [6, 6.07) is 7.71. The Hall–Kier alpha value is -1.51. The number of carbonyl (C=O) groups excluding carboxylic acids is 1. The predicted octanol–water partition coefficient (Wildman–Crippen LogP) is 3.52. The molecule has 0 N–H and O–H groups in total. The lowest BCUT2D eigenvalue weighted by molar-refractivity contribution is 0.0984. The Labute approximate surface area is 89.2 Å². The monoisotopic (exact) mass is 202 g/mol. The zero-order chi connectivity index (χ0) is 10.7. The molecule has 3 heteroatoms. The Morgan fingerprint density at radius 1 is 1.33 bits per heavy atom. The summed E-state index contributed by atoms with van der Waals surface area (Å²) in [5, 5.41) is 7.76. The third kappa shape index (κ3) is 1.96. The number of nitrogens with zero attached hydrogens (tertiary/aromatic N) is 2. The standard InChI is InChI=1S/C12H14N2O/c1-2-3-8-11-9-6-4-5-7-10(9)12(15)14-13-11/h4-7,11H,2-3,8H2,1H3. The average molecular weight is 202 g/mol. The minimum Gasteiger partial charge on any atom is -0.265 e. The molecule has 0 saturated heterocycles. The highest BCUT2D eigenvalue weighted by atomic mass is 16.1. The van der Waals surface area contributed by atoms with Gasteiger partial charge in [-0.25, -0.2) is 0 Å². The lowest BCUT2D eigenvalue weighted by Crippen LogP contribution is -2.09. The fourth-order valence-corrected chi connectivity index (χ4v) is 1.83. The van der Waals surface area contributed by atoms with E-state index in [0.29, 0.717) is 5.56 Å². The van der Waals surface area contributed by atoms with Crippen molar-refractivity contribution in [2.45, 2.75) is 32.2 Å². The molecule has 2 rings (SSSR count). The zero-order valence-electron chi connectivity index (χ0n) is 8.81. The minimum atomic E-state index is -0.210. The molecule has 78 valence electrons. The van der Waals surface area contributed by atoms with Crippen molar-refractivity contribution in [2.75, 3.05) is 0 Å². The van der Waals surface area contributed by atoms with Crippen LogP contribution in [-0.4, -0.2) is 5.91 Å². The molecule has 1 heterocycles. The van der Waals surface area contributed by atoms with Gasteiger partial charge in [0.2, 0.25) is 0 Å². The zero-order valence-corrected chi connectivity index (χ0v) is 8.81. The van der Waals surface area contributed by atoms with Crippen LogP contribution in [0.2, 0.25) is 0 Å². The highest BCUT2D eigenvalue weighted by molar-refractivity contribution is 5.96. The second-order valence-electron chi connectivity index (χ2n) is 3.77. The number of hydrogen-bond acceptors (Lipinski definition) is 2. The van der Waals surface area contributed by atoms with Gasteiger partial charge in [0.1, 0.15) is 0 Å². The molecule has 0 spiro atoms. The van der Waals surface area contributed by atoms with Gasteiger partial charge < -0.3 is 0 Å². The van der Waals surface area contributed by atoms with Crippen LogP contribution in [0.1, 0.15) is 48.1 Å². The van der Waals surface area contributed by atoms with E-state index < -0.39 is 0 Å². The molecule has 1 atom stereocenters. The normalized spacial score (nSPS) is 19.0. The topological polar surface area (TPSA) is 41.8 Å². The van der Waals surface area contributed by atoms with Gasteiger partial charge in [-0.2, -0.15) is 5.11 Å². The number of fused-ring (bicyclic) bond motifs is 1. The summed E-state index contributed by atoms with van der Waals surface area (Å²) in [5.41, 5.74) is 1.75. The second-order valence-corrected chi connectivity index (χ2v) is 3.77. The highest BCUT2D eigenvalue weighted by Crippen LogP contribution is 2.30. The van der Waals surface area contributed by atoms with Gasteiger partial charge in [-0.3, -0.25) is 4.79 Å². The molecular formula is C12H14N2O. The number of azo groups is 1. The molecular weight excluding hydrogens is 188 g/mol. The number of benzene rings is 1. The molecule has 1 aliphatic heterocycles. The van der Waals surface area contributed by atoms with Gasteiger partial charge in [-0.1, -0.05) is 38.0 Å². The van der Waals surface area contributed by atoms with Crippen LogP contribution in [-0.2, 0) is 0 Å². The number of amides is 1. The van der Waals surface area contributed by atoms with Crippen molar-refractivity contribution in [2.24, 2.45) is 10.2 Å². The minimum absolute atomic E-state index is 0.0823. The molecule has 0 aromatic heterocycles. The lowest BCUT2D eigenvalue weighted by Gasteiger charge is -2.17. The molecule has 0 aliphatic carbocycles. The van der Waals surface area contributed by atoms with Crippen molar-refractivity contribution in [3.8, 4) is 0 Å². The van der Waals surface area contributed by atoms with Gasteiger partial charge in [-0.15, -0.1) is 5.11 Å². The second kappa shape index (κ2) is 4.34. The van der Waals surface area contributed by atoms with Crippen LogP contribution in [0.25, 0.3) is 0 Å². The smallest absolute Gasteiger partial charge is 0.265 e. The largest absolute Gasteiger partial charge is 0.295 e. The summed E-state index contributed by atoms with van der Waals surface area (Å²) in [5.74, 6) is -0.210. The Morgan fingerprint density at radius 2 is 2.13 bits per heavy atom. The maximum Gasteiger partial charge on any atom is 0.295 e. The Morgan fingerprint density at radius 3 is 2.93 bits per heavy atom. The van der Waals surface area contributed by atoms with Crippen LogP contribution in [0.15, 0.2) is 34.5 Å². The number of carbonyl (C=O) groups is 1.